The van der Waals surface area contributed by atoms with E-state index < -0.39 is 10.0 Å². The highest BCUT2D eigenvalue weighted by atomic mass is 35.5. The van der Waals surface area contributed by atoms with Crippen LogP contribution in [0.3, 0.4) is 0 Å². The number of nitrogens with one attached hydrogen (secondary N) is 1. The summed E-state index contributed by atoms with van der Waals surface area (Å²) < 4.78 is 27.0. The average Bonchev–Trinajstić information content (AvgIpc) is 2.32. The van der Waals surface area contributed by atoms with E-state index in [0.717, 1.165) is 5.56 Å². The van der Waals surface area contributed by atoms with Crippen molar-refractivity contribution >= 4 is 44.6 Å². The molecule has 0 aliphatic carbocycles. The van der Waals surface area contributed by atoms with Gasteiger partial charge >= 0.3 is 0 Å². The van der Waals surface area contributed by atoms with Gasteiger partial charge in [-0.3, -0.25) is 4.72 Å². The van der Waals surface area contributed by atoms with E-state index in [1.807, 2.05) is 6.92 Å². The van der Waals surface area contributed by atoms with E-state index in [2.05, 4.69) is 4.72 Å². The lowest BCUT2D eigenvalue weighted by molar-refractivity contribution is 0.601. The molecule has 3 N–H and O–H groups in total. The van der Waals surface area contributed by atoms with E-state index in [1.165, 1.54) is 18.2 Å². The van der Waals surface area contributed by atoms with Gasteiger partial charge in [0.1, 0.15) is 4.90 Å². The van der Waals surface area contributed by atoms with Gasteiger partial charge in [-0.1, -0.05) is 29.3 Å². The lowest BCUT2D eigenvalue weighted by atomic mass is 10.2. The first-order chi connectivity index (χ1) is 9.29. The molecule has 2 rings (SSSR count). The number of nitrogens with two attached hydrogens (primary N) is 1. The van der Waals surface area contributed by atoms with Gasteiger partial charge in [0.05, 0.1) is 16.4 Å². The molecule has 2 aromatic carbocycles. The smallest absolute Gasteiger partial charge is 0.263 e. The fourth-order valence-corrected chi connectivity index (χ4v) is 3.39. The van der Waals surface area contributed by atoms with Crippen LogP contribution >= 0.6 is 23.2 Å². The van der Waals surface area contributed by atoms with Crippen molar-refractivity contribution in [2.45, 2.75) is 11.8 Å². The van der Waals surface area contributed by atoms with E-state index in [4.69, 9.17) is 28.9 Å². The third-order valence-corrected chi connectivity index (χ3v) is 4.62. The molecular formula is C13H12Cl2N2O2S. The topological polar surface area (TPSA) is 72.2 Å². The summed E-state index contributed by atoms with van der Waals surface area (Å²) in [4.78, 5) is 0.00844. The molecule has 4 nitrogen and oxygen atoms in total. The van der Waals surface area contributed by atoms with Gasteiger partial charge in [0.2, 0.25) is 0 Å². The van der Waals surface area contributed by atoms with Crippen LogP contribution in [0.1, 0.15) is 5.56 Å². The Balaban J connectivity index is 2.41. The van der Waals surface area contributed by atoms with Crippen LogP contribution in [0, 0.1) is 6.92 Å². The number of sulfonamides is 1. The maximum atomic E-state index is 12.3. The fraction of sp³-hybridized carbons (Fsp3) is 0.0769. The van der Waals surface area contributed by atoms with Crippen LogP contribution in [0.15, 0.2) is 41.3 Å². The van der Waals surface area contributed by atoms with E-state index in [-0.39, 0.29) is 21.3 Å². The van der Waals surface area contributed by atoms with Crippen molar-refractivity contribution in [3.63, 3.8) is 0 Å². The van der Waals surface area contributed by atoms with Crippen LogP contribution < -0.4 is 10.5 Å². The molecule has 0 saturated carbocycles. The first kappa shape index (κ1) is 15.0. The lowest BCUT2D eigenvalue weighted by Gasteiger charge is -2.12. The minimum atomic E-state index is -3.80. The van der Waals surface area contributed by atoms with Crippen molar-refractivity contribution in [2.24, 2.45) is 0 Å². The molecule has 0 radical (unpaired) electrons. The zero-order chi connectivity index (χ0) is 14.9. The van der Waals surface area contributed by atoms with Gasteiger partial charge < -0.3 is 5.73 Å². The van der Waals surface area contributed by atoms with Crippen LogP contribution in [0.4, 0.5) is 11.4 Å². The number of benzene rings is 2. The Morgan fingerprint density at radius 3 is 2.40 bits per heavy atom. The zero-order valence-electron chi connectivity index (χ0n) is 10.5. The molecule has 20 heavy (non-hydrogen) atoms. The van der Waals surface area contributed by atoms with Crippen molar-refractivity contribution in [1.29, 1.82) is 0 Å². The summed E-state index contributed by atoms with van der Waals surface area (Å²) in [7, 11) is -3.80. The highest BCUT2D eigenvalue weighted by Crippen LogP contribution is 2.29. The van der Waals surface area contributed by atoms with E-state index in [1.54, 1.807) is 18.2 Å². The summed E-state index contributed by atoms with van der Waals surface area (Å²) in [6.07, 6.45) is 0. The van der Waals surface area contributed by atoms with Gasteiger partial charge in [-0.25, -0.2) is 8.42 Å². The van der Waals surface area contributed by atoms with Gasteiger partial charge in [0.15, 0.2) is 0 Å². The molecule has 0 aliphatic rings. The molecule has 7 heteroatoms. The largest absolute Gasteiger partial charge is 0.398 e. The van der Waals surface area contributed by atoms with Crippen molar-refractivity contribution in [3.05, 3.63) is 52.0 Å². The number of hydrogen-bond acceptors (Lipinski definition) is 3. The molecule has 0 aliphatic heterocycles. The minimum Gasteiger partial charge on any atom is -0.398 e. The van der Waals surface area contributed by atoms with Crippen LogP contribution in [-0.2, 0) is 10.0 Å². The second kappa shape index (κ2) is 5.52. The second-order valence-corrected chi connectivity index (χ2v) is 6.77. The number of anilines is 2. The Bertz CT molecular complexity index is 761. The molecule has 2 aromatic rings. The predicted molar refractivity (Wildman–Crippen MR) is 82.9 cm³/mol. The molecule has 106 valence electrons. The van der Waals surface area contributed by atoms with Crippen LogP contribution in [0.2, 0.25) is 10.0 Å². The normalized spacial score (nSPS) is 11.3. The summed E-state index contributed by atoms with van der Waals surface area (Å²) in [5.74, 6) is 0. The SMILES string of the molecule is Cc1ccc(S(=O)(=O)Nc2ccc(Cl)cc2Cl)c(N)c1. The van der Waals surface area contributed by atoms with E-state index in [0.29, 0.717) is 5.02 Å². The highest BCUT2D eigenvalue weighted by molar-refractivity contribution is 7.92. The Labute approximate surface area is 127 Å². The van der Waals surface area contributed by atoms with Crippen LogP contribution in [0.25, 0.3) is 0 Å². The fourth-order valence-electron chi connectivity index (χ4n) is 1.68. The first-order valence-electron chi connectivity index (χ1n) is 5.63. The van der Waals surface area contributed by atoms with Gasteiger partial charge in [0, 0.05) is 5.02 Å². The third-order valence-electron chi connectivity index (χ3n) is 2.63. The maximum absolute atomic E-state index is 12.3. The second-order valence-electron chi connectivity index (χ2n) is 4.27. The number of hydrogen-bond donors (Lipinski definition) is 2. The Kier molecular flexibility index (Phi) is 4.13. The zero-order valence-corrected chi connectivity index (χ0v) is 12.9. The molecule has 0 unspecified atom stereocenters. The van der Waals surface area contributed by atoms with Gasteiger partial charge in [-0.15, -0.1) is 0 Å². The predicted octanol–water partition coefficient (Wildman–Crippen LogP) is 3.68. The summed E-state index contributed by atoms with van der Waals surface area (Å²) in [5.41, 5.74) is 7.06. The molecule has 0 amide bonds. The molecule has 0 bridgehead atoms. The monoisotopic (exact) mass is 330 g/mol. The third kappa shape index (κ3) is 3.17. The highest BCUT2D eigenvalue weighted by Gasteiger charge is 2.18. The molecule has 0 saturated heterocycles. The molecule has 0 spiro atoms. The average molecular weight is 331 g/mol. The van der Waals surface area contributed by atoms with Gasteiger partial charge in [-0.2, -0.15) is 0 Å². The van der Waals surface area contributed by atoms with E-state index in [9.17, 15) is 8.42 Å². The number of aryl methyl sites for hydroxylation is 1. The molecule has 0 atom stereocenters. The Morgan fingerprint density at radius 2 is 1.80 bits per heavy atom. The standard InChI is InChI=1S/C13H12Cl2N2O2S/c1-8-2-5-13(11(16)6-8)20(18,19)17-12-4-3-9(14)7-10(12)15/h2-7,17H,16H2,1H3. The quantitative estimate of drug-likeness (QED) is 0.843. The van der Waals surface area contributed by atoms with Gasteiger partial charge in [-0.05, 0) is 42.8 Å². The number of halogens is 2. The molecule has 0 aromatic heterocycles. The Morgan fingerprint density at radius 1 is 1.10 bits per heavy atom. The summed E-state index contributed by atoms with van der Waals surface area (Å²) in [6, 6.07) is 9.22. The van der Waals surface area contributed by atoms with E-state index >= 15 is 0 Å². The van der Waals surface area contributed by atoms with Crippen molar-refractivity contribution in [1.82, 2.24) is 0 Å². The Hall–Kier alpha value is -1.43. The summed E-state index contributed by atoms with van der Waals surface area (Å²) in [5, 5.41) is 0.638. The maximum Gasteiger partial charge on any atom is 0.263 e. The van der Waals surface area contributed by atoms with Crippen molar-refractivity contribution < 1.29 is 8.42 Å². The van der Waals surface area contributed by atoms with Crippen LogP contribution in [0.5, 0.6) is 0 Å². The van der Waals surface area contributed by atoms with Crippen LogP contribution in [-0.4, -0.2) is 8.42 Å². The van der Waals surface area contributed by atoms with Crippen molar-refractivity contribution in [2.75, 3.05) is 10.5 Å². The molecular weight excluding hydrogens is 319 g/mol. The number of rotatable bonds is 3. The van der Waals surface area contributed by atoms with Crippen molar-refractivity contribution in [3.8, 4) is 0 Å². The first-order valence-corrected chi connectivity index (χ1v) is 7.87. The van der Waals surface area contributed by atoms with Gasteiger partial charge in [0.25, 0.3) is 10.0 Å². The number of nitrogen functional groups attached to an aromatic ring is 1. The minimum absolute atomic E-state index is 0.00844. The lowest BCUT2D eigenvalue weighted by Crippen LogP contribution is -2.15. The molecule has 0 heterocycles. The molecule has 0 fully saturated rings. The summed E-state index contributed by atoms with van der Waals surface area (Å²) >= 11 is 11.7. The summed E-state index contributed by atoms with van der Waals surface area (Å²) in [6.45, 7) is 1.83.